The molecule has 8 heteroatoms. The molecule has 2 aliphatic rings. The first-order chi connectivity index (χ1) is 15.4. The van der Waals surface area contributed by atoms with E-state index in [0.29, 0.717) is 31.7 Å². The topological polar surface area (TPSA) is 87.5 Å². The molecule has 0 unspecified atom stereocenters. The second-order valence-electron chi connectivity index (χ2n) is 8.72. The standard InChI is InChI=1S/C24H31N5O3/c1-17-5-7-18(8-6-17)15-25-21(30)9-10-22(31)29-14-11-20-19(16-29)23(26-27(20)2)24(32)28-12-3-4-13-28/h5-8H,3-4,9-16H2,1-2H3,(H,25,30). The lowest BCUT2D eigenvalue weighted by atomic mass is 10.0. The number of hydrogen-bond donors (Lipinski definition) is 1. The Morgan fingerprint density at radius 1 is 1.00 bits per heavy atom. The molecule has 0 aliphatic carbocycles. The van der Waals surface area contributed by atoms with Gasteiger partial charge in [-0.1, -0.05) is 29.8 Å². The molecular weight excluding hydrogens is 406 g/mol. The van der Waals surface area contributed by atoms with Crippen molar-refractivity contribution in [3.8, 4) is 0 Å². The van der Waals surface area contributed by atoms with Crippen LogP contribution >= 0.6 is 0 Å². The van der Waals surface area contributed by atoms with Gasteiger partial charge in [0.25, 0.3) is 5.91 Å². The van der Waals surface area contributed by atoms with Gasteiger partial charge in [0.05, 0.1) is 0 Å². The number of aromatic nitrogens is 2. The third-order valence-electron chi connectivity index (χ3n) is 6.37. The average molecular weight is 438 g/mol. The van der Waals surface area contributed by atoms with Crippen molar-refractivity contribution in [2.75, 3.05) is 19.6 Å². The zero-order valence-corrected chi connectivity index (χ0v) is 18.9. The Hall–Kier alpha value is -3.16. The van der Waals surface area contributed by atoms with Crippen molar-refractivity contribution < 1.29 is 14.4 Å². The highest BCUT2D eigenvalue weighted by Gasteiger charge is 2.31. The van der Waals surface area contributed by atoms with E-state index in [1.807, 2.05) is 43.1 Å². The maximum atomic E-state index is 12.9. The van der Waals surface area contributed by atoms with Gasteiger partial charge >= 0.3 is 0 Å². The fraction of sp³-hybridized carbons (Fsp3) is 0.500. The predicted octanol–water partition coefficient (Wildman–Crippen LogP) is 1.95. The largest absolute Gasteiger partial charge is 0.352 e. The van der Waals surface area contributed by atoms with Crippen LogP contribution in [0.25, 0.3) is 0 Å². The zero-order valence-electron chi connectivity index (χ0n) is 18.9. The quantitative estimate of drug-likeness (QED) is 0.748. The summed E-state index contributed by atoms with van der Waals surface area (Å²) < 4.78 is 1.78. The number of benzene rings is 1. The molecule has 0 radical (unpaired) electrons. The summed E-state index contributed by atoms with van der Waals surface area (Å²) in [5.41, 5.74) is 4.55. The summed E-state index contributed by atoms with van der Waals surface area (Å²) >= 11 is 0. The third kappa shape index (κ3) is 4.84. The van der Waals surface area contributed by atoms with Crippen LogP contribution < -0.4 is 5.32 Å². The Kier molecular flexibility index (Phi) is 6.58. The molecule has 4 rings (SSSR count). The van der Waals surface area contributed by atoms with Crippen LogP contribution in [0.4, 0.5) is 0 Å². The molecule has 1 saturated heterocycles. The predicted molar refractivity (Wildman–Crippen MR) is 120 cm³/mol. The van der Waals surface area contributed by atoms with Gasteiger partial charge in [-0.2, -0.15) is 5.10 Å². The van der Waals surface area contributed by atoms with Gasteiger partial charge < -0.3 is 15.1 Å². The smallest absolute Gasteiger partial charge is 0.274 e. The van der Waals surface area contributed by atoms with Gasteiger partial charge in [-0.05, 0) is 25.3 Å². The van der Waals surface area contributed by atoms with Gasteiger partial charge in [0, 0.05) is 70.3 Å². The van der Waals surface area contributed by atoms with Gasteiger partial charge in [-0.3, -0.25) is 19.1 Å². The second-order valence-corrected chi connectivity index (χ2v) is 8.72. The molecule has 0 spiro atoms. The van der Waals surface area contributed by atoms with E-state index in [4.69, 9.17) is 0 Å². The van der Waals surface area contributed by atoms with E-state index in [9.17, 15) is 14.4 Å². The maximum absolute atomic E-state index is 12.9. The van der Waals surface area contributed by atoms with Crippen LogP contribution in [0.5, 0.6) is 0 Å². The molecule has 0 atom stereocenters. The SMILES string of the molecule is Cc1ccc(CNC(=O)CCC(=O)N2CCc3c(c(C(=O)N4CCCC4)nn3C)C2)cc1. The number of rotatable bonds is 6. The number of amides is 3. The lowest BCUT2D eigenvalue weighted by Gasteiger charge is -2.28. The first kappa shape index (κ1) is 22.0. The van der Waals surface area contributed by atoms with Crippen LogP contribution in [-0.4, -0.2) is 56.9 Å². The van der Waals surface area contributed by atoms with Crippen LogP contribution in [0.3, 0.4) is 0 Å². The second kappa shape index (κ2) is 9.54. The Bertz CT molecular complexity index is 1010. The van der Waals surface area contributed by atoms with Gasteiger partial charge in [-0.15, -0.1) is 0 Å². The highest BCUT2D eigenvalue weighted by molar-refractivity contribution is 5.94. The summed E-state index contributed by atoms with van der Waals surface area (Å²) in [6.45, 7) is 4.97. The van der Waals surface area contributed by atoms with Crippen molar-refractivity contribution in [3.05, 3.63) is 52.3 Å². The number of fused-ring (bicyclic) bond motifs is 1. The molecular formula is C24H31N5O3. The average Bonchev–Trinajstić information content (AvgIpc) is 3.45. The first-order valence-corrected chi connectivity index (χ1v) is 11.4. The Balaban J connectivity index is 1.32. The molecule has 32 heavy (non-hydrogen) atoms. The van der Waals surface area contributed by atoms with Crippen LogP contribution in [0.2, 0.25) is 0 Å². The number of hydrogen-bond acceptors (Lipinski definition) is 4. The Morgan fingerprint density at radius 3 is 2.44 bits per heavy atom. The van der Waals surface area contributed by atoms with Crippen LogP contribution in [0.1, 0.15) is 58.6 Å². The number of carbonyl (C=O) groups excluding carboxylic acids is 3. The molecule has 2 aromatic rings. The van der Waals surface area contributed by atoms with Crippen molar-refractivity contribution in [3.63, 3.8) is 0 Å². The third-order valence-corrected chi connectivity index (χ3v) is 6.37. The summed E-state index contributed by atoms with van der Waals surface area (Å²) in [6, 6.07) is 8.00. The van der Waals surface area contributed by atoms with Crippen LogP contribution in [0, 0.1) is 6.92 Å². The number of likely N-dealkylation sites (tertiary alicyclic amines) is 1. The molecule has 3 heterocycles. The highest BCUT2D eigenvalue weighted by atomic mass is 16.2. The number of aryl methyl sites for hydroxylation is 2. The van der Waals surface area contributed by atoms with Crippen molar-refractivity contribution in [2.24, 2.45) is 7.05 Å². The molecule has 3 amide bonds. The fourth-order valence-corrected chi connectivity index (χ4v) is 4.42. The Morgan fingerprint density at radius 2 is 1.72 bits per heavy atom. The van der Waals surface area contributed by atoms with Crippen molar-refractivity contribution in [1.29, 1.82) is 0 Å². The summed E-state index contributed by atoms with van der Waals surface area (Å²) in [7, 11) is 1.86. The lowest BCUT2D eigenvalue weighted by Crippen LogP contribution is -2.38. The molecule has 0 bridgehead atoms. The molecule has 1 N–H and O–H groups in total. The minimum atomic E-state index is -0.136. The van der Waals surface area contributed by atoms with E-state index in [2.05, 4.69) is 10.4 Å². The molecule has 1 fully saturated rings. The number of carbonyl (C=O) groups is 3. The monoisotopic (exact) mass is 437 g/mol. The Labute approximate surface area is 188 Å². The lowest BCUT2D eigenvalue weighted by molar-refractivity contribution is -0.134. The summed E-state index contributed by atoms with van der Waals surface area (Å²) in [4.78, 5) is 41.5. The number of nitrogens with one attached hydrogen (secondary N) is 1. The van der Waals surface area contributed by atoms with E-state index in [1.54, 1.807) is 9.58 Å². The maximum Gasteiger partial charge on any atom is 0.274 e. The van der Waals surface area contributed by atoms with Crippen molar-refractivity contribution >= 4 is 17.7 Å². The van der Waals surface area contributed by atoms with E-state index >= 15 is 0 Å². The number of nitrogens with zero attached hydrogens (tertiary/aromatic N) is 4. The van der Waals surface area contributed by atoms with Crippen LogP contribution in [-0.2, 0) is 36.1 Å². The van der Waals surface area contributed by atoms with E-state index in [1.165, 1.54) is 5.56 Å². The van der Waals surface area contributed by atoms with Gasteiger partial charge in [0.1, 0.15) is 0 Å². The van der Waals surface area contributed by atoms with E-state index in [0.717, 1.165) is 42.8 Å². The summed E-state index contributed by atoms with van der Waals surface area (Å²) in [5, 5.41) is 7.36. The zero-order chi connectivity index (χ0) is 22.7. The summed E-state index contributed by atoms with van der Waals surface area (Å²) in [6.07, 6.45) is 3.03. The molecule has 1 aromatic carbocycles. The fourth-order valence-electron chi connectivity index (χ4n) is 4.42. The highest BCUT2D eigenvalue weighted by Crippen LogP contribution is 2.25. The normalized spacial score (nSPS) is 15.6. The van der Waals surface area contributed by atoms with Gasteiger partial charge in [0.15, 0.2) is 5.69 Å². The van der Waals surface area contributed by atoms with Crippen molar-refractivity contribution in [1.82, 2.24) is 24.9 Å². The van der Waals surface area contributed by atoms with Gasteiger partial charge in [0.2, 0.25) is 11.8 Å². The van der Waals surface area contributed by atoms with E-state index in [-0.39, 0.29) is 30.6 Å². The van der Waals surface area contributed by atoms with Gasteiger partial charge in [-0.25, -0.2) is 0 Å². The molecule has 8 nitrogen and oxygen atoms in total. The molecule has 0 saturated carbocycles. The molecule has 170 valence electrons. The van der Waals surface area contributed by atoms with Crippen LogP contribution in [0.15, 0.2) is 24.3 Å². The summed E-state index contributed by atoms with van der Waals surface area (Å²) in [5.74, 6) is -0.239. The van der Waals surface area contributed by atoms with Crippen molar-refractivity contribution in [2.45, 2.75) is 52.1 Å². The minimum absolute atomic E-state index is 0.0378. The first-order valence-electron chi connectivity index (χ1n) is 11.4. The molecule has 1 aromatic heterocycles. The minimum Gasteiger partial charge on any atom is -0.352 e. The van der Waals surface area contributed by atoms with E-state index < -0.39 is 0 Å². The molecule has 2 aliphatic heterocycles.